The van der Waals surface area contributed by atoms with E-state index in [0.29, 0.717) is 11.6 Å². The number of likely N-dealkylation sites (N-methyl/N-ethyl adjacent to an activating group) is 1. The summed E-state index contributed by atoms with van der Waals surface area (Å²) in [5, 5.41) is 12.7. The molecule has 0 amide bonds. The summed E-state index contributed by atoms with van der Waals surface area (Å²) in [6.45, 7) is 0.776. The average molecular weight is 247 g/mol. The molecule has 5 heteroatoms. The summed E-state index contributed by atoms with van der Waals surface area (Å²) in [7, 11) is 3.72. The monoisotopic (exact) mass is 246 g/mol. The fraction of sp³-hybridized carbons (Fsp3) is 0.455. The van der Waals surface area contributed by atoms with Crippen molar-refractivity contribution in [2.24, 2.45) is 0 Å². The summed E-state index contributed by atoms with van der Waals surface area (Å²) in [4.78, 5) is 1.86. The van der Waals surface area contributed by atoms with Gasteiger partial charge in [0.25, 0.3) is 0 Å². The van der Waals surface area contributed by atoms with Gasteiger partial charge in [0.1, 0.15) is 5.82 Å². The summed E-state index contributed by atoms with van der Waals surface area (Å²) >= 11 is 5.82. The number of nitrogens with one attached hydrogen (secondary N) is 1. The predicted molar refractivity (Wildman–Crippen MR) is 64.5 cm³/mol. The molecular weight excluding hydrogens is 231 g/mol. The standard InChI is InChI=1S/C11H16ClFN2O/c1-15(2)7-8(16)6-14-11-9(12)4-3-5-10(11)13/h3-5,8,14,16H,6-7H2,1-2H3. The maximum Gasteiger partial charge on any atom is 0.147 e. The highest BCUT2D eigenvalue weighted by atomic mass is 35.5. The molecule has 0 saturated carbocycles. The summed E-state index contributed by atoms with van der Waals surface area (Å²) in [5.41, 5.74) is 0.238. The molecule has 1 aromatic carbocycles. The van der Waals surface area contributed by atoms with Crippen molar-refractivity contribution in [3.63, 3.8) is 0 Å². The van der Waals surface area contributed by atoms with Crippen LogP contribution in [-0.2, 0) is 0 Å². The van der Waals surface area contributed by atoms with Crippen LogP contribution >= 0.6 is 11.6 Å². The van der Waals surface area contributed by atoms with Crippen LogP contribution in [0.2, 0.25) is 5.02 Å². The molecule has 16 heavy (non-hydrogen) atoms. The zero-order valence-electron chi connectivity index (χ0n) is 9.37. The molecule has 0 heterocycles. The van der Waals surface area contributed by atoms with Crippen LogP contribution in [-0.4, -0.2) is 43.3 Å². The van der Waals surface area contributed by atoms with Crippen molar-refractivity contribution in [2.75, 3.05) is 32.5 Å². The molecule has 0 saturated heterocycles. The van der Waals surface area contributed by atoms with Crippen LogP contribution < -0.4 is 5.32 Å². The van der Waals surface area contributed by atoms with Crippen molar-refractivity contribution in [3.8, 4) is 0 Å². The number of rotatable bonds is 5. The third kappa shape index (κ3) is 3.96. The van der Waals surface area contributed by atoms with Gasteiger partial charge in [0, 0.05) is 13.1 Å². The highest BCUT2D eigenvalue weighted by molar-refractivity contribution is 6.33. The van der Waals surface area contributed by atoms with Crippen LogP contribution in [0.25, 0.3) is 0 Å². The molecule has 0 radical (unpaired) electrons. The Morgan fingerprint density at radius 1 is 1.50 bits per heavy atom. The number of anilines is 1. The van der Waals surface area contributed by atoms with Crippen LogP contribution in [0.3, 0.4) is 0 Å². The van der Waals surface area contributed by atoms with Crippen molar-refractivity contribution in [3.05, 3.63) is 29.0 Å². The lowest BCUT2D eigenvalue weighted by atomic mass is 10.2. The average Bonchev–Trinajstić information content (AvgIpc) is 2.15. The second kappa shape index (κ2) is 6.03. The first kappa shape index (κ1) is 13.2. The number of nitrogens with zero attached hydrogens (tertiary/aromatic N) is 1. The van der Waals surface area contributed by atoms with Gasteiger partial charge >= 0.3 is 0 Å². The fourth-order valence-corrected chi connectivity index (χ4v) is 1.60. The molecule has 1 aromatic rings. The molecule has 2 N–H and O–H groups in total. The van der Waals surface area contributed by atoms with Gasteiger partial charge in [0.05, 0.1) is 16.8 Å². The normalized spacial score (nSPS) is 12.9. The minimum atomic E-state index is -0.564. The summed E-state index contributed by atoms with van der Waals surface area (Å²) < 4.78 is 13.3. The van der Waals surface area contributed by atoms with Gasteiger partial charge in [-0.2, -0.15) is 0 Å². The Bertz CT molecular complexity index is 327. The van der Waals surface area contributed by atoms with Crippen LogP contribution in [0, 0.1) is 5.82 Å². The van der Waals surface area contributed by atoms with Gasteiger partial charge in [-0.1, -0.05) is 17.7 Å². The second-order valence-corrected chi connectivity index (χ2v) is 4.30. The molecular formula is C11H16ClFN2O. The Kier molecular flexibility index (Phi) is 4.99. The number of halogens is 2. The van der Waals surface area contributed by atoms with E-state index in [1.54, 1.807) is 12.1 Å². The minimum Gasteiger partial charge on any atom is -0.390 e. The van der Waals surface area contributed by atoms with Crippen molar-refractivity contribution in [1.29, 1.82) is 0 Å². The maximum absolute atomic E-state index is 13.3. The molecule has 1 atom stereocenters. The Hall–Kier alpha value is -0.840. The van der Waals surface area contributed by atoms with Crippen LogP contribution in [0.4, 0.5) is 10.1 Å². The van der Waals surface area contributed by atoms with E-state index in [-0.39, 0.29) is 12.2 Å². The largest absolute Gasteiger partial charge is 0.390 e. The van der Waals surface area contributed by atoms with Gasteiger partial charge in [-0.15, -0.1) is 0 Å². The first-order chi connectivity index (χ1) is 7.50. The van der Waals surface area contributed by atoms with Crippen molar-refractivity contribution in [1.82, 2.24) is 4.90 Å². The van der Waals surface area contributed by atoms with Crippen LogP contribution in [0.15, 0.2) is 18.2 Å². The highest BCUT2D eigenvalue weighted by Gasteiger charge is 2.09. The first-order valence-corrected chi connectivity index (χ1v) is 5.39. The van der Waals surface area contributed by atoms with Crippen molar-refractivity contribution in [2.45, 2.75) is 6.10 Å². The zero-order chi connectivity index (χ0) is 12.1. The topological polar surface area (TPSA) is 35.5 Å². The third-order valence-corrected chi connectivity index (χ3v) is 2.37. The smallest absolute Gasteiger partial charge is 0.147 e. The number of aliphatic hydroxyl groups excluding tert-OH is 1. The van der Waals surface area contributed by atoms with Gasteiger partial charge in [0.15, 0.2) is 0 Å². The predicted octanol–water partition coefficient (Wildman–Crippen LogP) is 1.81. The lowest BCUT2D eigenvalue weighted by Gasteiger charge is -2.17. The fourth-order valence-electron chi connectivity index (χ4n) is 1.37. The molecule has 0 bridgehead atoms. The SMILES string of the molecule is CN(C)CC(O)CNc1c(F)cccc1Cl. The van der Waals surface area contributed by atoms with Gasteiger partial charge in [-0.3, -0.25) is 0 Å². The number of benzene rings is 1. The zero-order valence-corrected chi connectivity index (χ0v) is 10.1. The Morgan fingerprint density at radius 3 is 2.75 bits per heavy atom. The first-order valence-electron chi connectivity index (χ1n) is 5.01. The van der Waals surface area contributed by atoms with Crippen LogP contribution in [0.1, 0.15) is 0 Å². The molecule has 0 aliphatic heterocycles. The van der Waals surface area contributed by atoms with Gasteiger partial charge in [-0.25, -0.2) is 4.39 Å². The van der Waals surface area contributed by atoms with E-state index in [2.05, 4.69) is 5.32 Å². The van der Waals surface area contributed by atoms with E-state index in [0.717, 1.165) is 0 Å². The van der Waals surface area contributed by atoms with Crippen LogP contribution in [0.5, 0.6) is 0 Å². The van der Waals surface area contributed by atoms with E-state index in [9.17, 15) is 9.50 Å². The van der Waals surface area contributed by atoms with E-state index in [1.165, 1.54) is 6.07 Å². The number of aliphatic hydroxyl groups is 1. The molecule has 0 aliphatic rings. The molecule has 0 aromatic heterocycles. The molecule has 3 nitrogen and oxygen atoms in total. The quantitative estimate of drug-likeness (QED) is 0.832. The Morgan fingerprint density at radius 2 is 2.19 bits per heavy atom. The lowest BCUT2D eigenvalue weighted by Crippen LogP contribution is -2.31. The Balaban J connectivity index is 2.54. The van der Waals surface area contributed by atoms with Gasteiger partial charge in [-0.05, 0) is 26.2 Å². The molecule has 1 rings (SSSR count). The summed E-state index contributed by atoms with van der Waals surface area (Å²) in [6.07, 6.45) is -0.564. The molecule has 90 valence electrons. The van der Waals surface area contributed by atoms with Gasteiger partial charge in [0.2, 0.25) is 0 Å². The lowest BCUT2D eigenvalue weighted by molar-refractivity contribution is 0.148. The van der Waals surface area contributed by atoms with E-state index < -0.39 is 11.9 Å². The molecule has 0 fully saturated rings. The van der Waals surface area contributed by atoms with E-state index in [1.807, 2.05) is 19.0 Å². The molecule has 0 spiro atoms. The molecule has 0 aliphatic carbocycles. The van der Waals surface area contributed by atoms with Gasteiger partial charge < -0.3 is 15.3 Å². The summed E-state index contributed by atoms with van der Waals surface area (Å²) in [6, 6.07) is 4.47. The van der Waals surface area contributed by atoms with E-state index in [4.69, 9.17) is 11.6 Å². The van der Waals surface area contributed by atoms with Crippen molar-refractivity contribution >= 4 is 17.3 Å². The summed E-state index contributed by atoms with van der Waals surface area (Å²) in [5.74, 6) is -0.412. The van der Waals surface area contributed by atoms with Crippen molar-refractivity contribution < 1.29 is 9.50 Å². The number of hydrogen-bond donors (Lipinski definition) is 2. The number of para-hydroxylation sites is 1. The number of hydrogen-bond acceptors (Lipinski definition) is 3. The Labute approximate surface area is 99.8 Å². The third-order valence-electron chi connectivity index (χ3n) is 2.05. The second-order valence-electron chi connectivity index (χ2n) is 3.89. The van der Waals surface area contributed by atoms with E-state index >= 15 is 0 Å². The highest BCUT2D eigenvalue weighted by Crippen LogP contribution is 2.24. The maximum atomic E-state index is 13.3. The molecule has 1 unspecified atom stereocenters. The minimum absolute atomic E-state index is 0.238.